The Morgan fingerprint density at radius 1 is 1.25 bits per heavy atom. The molecular weight excluding hydrogens is 254 g/mol. The minimum atomic E-state index is -0.429. The third kappa shape index (κ3) is 3.58. The first-order valence-corrected chi connectivity index (χ1v) is 7.67. The van der Waals surface area contributed by atoms with E-state index >= 15 is 0 Å². The van der Waals surface area contributed by atoms with Crippen molar-refractivity contribution in [1.82, 2.24) is 15.5 Å². The molecule has 2 atom stereocenters. The molecule has 5 heteroatoms. The Morgan fingerprint density at radius 3 is 2.40 bits per heavy atom. The van der Waals surface area contributed by atoms with Crippen molar-refractivity contribution >= 4 is 0 Å². The number of rotatable bonds is 9. The van der Waals surface area contributed by atoms with Crippen molar-refractivity contribution in [3.05, 3.63) is 11.7 Å². The zero-order valence-electron chi connectivity index (χ0n) is 13.7. The van der Waals surface area contributed by atoms with E-state index < -0.39 is 5.60 Å². The quantitative estimate of drug-likeness (QED) is 0.754. The topological polar surface area (TPSA) is 60.2 Å². The molecule has 0 amide bonds. The minimum Gasteiger partial charge on any atom is -0.370 e. The van der Waals surface area contributed by atoms with Crippen LogP contribution in [0.5, 0.6) is 0 Å². The first kappa shape index (κ1) is 17.1. The summed E-state index contributed by atoms with van der Waals surface area (Å²) >= 11 is 0. The summed E-state index contributed by atoms with van der Waals surface area (Å²) in [5.74, 6) is 1.53. The maximum atomic E-state index is 5.64. The van der Waals surface area contributed by atoms with Gasteiger partial charge in [-0.25, -0.2) is 0 Å². The molecule has 0 saturated carbocycles. The van der Waals surface area contributed by atoms with Gasteiger partial charge in [0.25, 0.3) is 0 Å². The maximum Gasteiger partial charge on any atom is 0.231 e. The number of nitrogens with one attached hydrogen (secondary N) is 1. The van der Waals surface area contributed by atoms with Crippen molar-refractivity contribution in [2.24, 2.45) is 0 Å². The predicted molar refractivity (Wildman–Crippen MR) is 79.7 cm³/mol. The van der Waals surface area contributed by atoms with Crippen molar-refractivity contribution in [1.29, 1.82) is 0 Å². The second-order valence-corrected chi connectivity index (χ2v) is 5.39. The lowest BCUT2D eigenvalue weighted by atomic mass is 9.96. The van der Waals surface area contributed by atoms with Crippen LogP contribution in [0, 0.1) is 0 Å². The molecule has 0 aromatic carbocycles. The molecule has 0 aliphatic carbocycles. The van der Waals surface area contributed by atoms with E-state index in [1.165, 1.54) is 0 Å². The fourth-order valence-corrected chi connectivity index (χ4v) is 2.31. The SMILES string of the molecule is CCCNC(C)C(C)c1nc(C(CC)(CC)OC)no1. The van der Waals surface area contributed by atoms with Crippen LogP contribution in [-0.2, 0) is 10.3 Å². The second-order valence-electron chi connectivity index (χ2n) is 5.39. The molecule has 0 bridgehead atoms. The highest BCUT2D eigenvalue weighted by atomic mass is 16.5. The van der Waals surface area contributed by atoms with Crippen molar-refractivity contribution in [2.75, 3.05) is 13.7 Å². The van der Waals surface area contributed by atoms with Crippen LogP contribution >= 0.6 is 0 Å². The largest absolute Gasteiger partial charge is 0.370 e. The van der Waals surface area contributed by atoms with Gasteiger partial charge < -0.3 is 14.6 Å². The summed E-state index contributed by atoms with van der Waals surface area (Å²) < 4.78 is 11.1. The molecule has 5 nitrogen and oxygen atoms in total. The van der Waals surface area contributed by atoms with Crippen LogP contribution in [-0.4, -0.2) is 29.8 Å². The highest BCUT2D eigenvalue weighted by Crippen LogP contribution is 2.31. The van der Waals surface area contributed by atoms with Gasteiger partial charge in [0.2, 0.25) is 11.7 Å². The summed E-state index contributed by atoms with van der Waals surface area (Å²) in [6, 6.07) is 0.309. The Kier molecular flexibility index (Phi) is 6.62. The number of ether oxygens (including phenoxy) is 1. The predicted octanol–water partition coefficient (Wildman–Crippen LogP) is 3.22. The van der Waals surface area contributed by atoms with E-state index in [9.17, 15) is 0 Å². The molecule has 1 aromatic rings. The molecule has 0 spiro atoms. The molecular formula is C15H29N3O2. The van der Waals surface area contributed by atoms with Crippen LogP contribution < -0.4 is 5.32 Å². The van der Waals surface area contributed by atoms with Gasteiger partial charge in [0, 0.05) is 13.2 Å². The van der Waals surface area contributed by atoms with Crippen LogP contribution in [0.15, 0.2) is 4.52 Å². The molecule has 1 heterocycles. The van der Waals surface area contributed by atoms with E-state index in [0.717, 1.165) is 25.8 Å². The average molecular weight is 283 g/mol. The Bertz CT molecular complexity index is 380. The minimum absolute atomic E-state index is 0.186. The molecule has 1 N–H and O–H groups in total. The fraction of sp³-hybridized carbons (Fsp3) is 0.867. The van der Waals surface area contributed by atoms with Crippen molar-refractivity contribution in [3.8, 4) is 0 Å². The first-order chi connectivity index (χ1) is 9.54. The summed E-state index contributed by atoms with van der Waals surface area (Å²) in [5, 5.41) is 7.61. The highest BCUT2D eigenvalue weighted by Gasteiger charge is 2.34. The Morgan fingerprint density at radius 2 is 1.90 bits per heavy atom. The van der Waals surface area contributed by atoms with Gasteiger partial charge in [0.1, 0.15) is 5.60 Å². The lowest BCUT2D eigenvalue weighted by Crippen LogP contribution is -2.32. The molecule has 20 heavy (non-hydrogen) atoms. The van der Waals surface area contributed by atoms with Gasteiger partial charge in [-0.15, -0.1) is 0 Å². The molecule has 1 aromatic heterocycles. The van der Waals surface area contributed by atoms with Crippen LogP contribution in [0.1, 0.15) is 71.5 Å². The highest BCUT2D eigenvalue weighted by molar-refractivity contribution is 5.04. The van der Waals surface area contributed by atoms with Crippen LogP contribution in [0.25, 0.3) is 0 Å². The van der Waals surface area contributed by atoms with Crippen LogP contribution in [0.2, 0.25) is 0 Å². The normalized spacial score (nSPS) is 15.3. The number of aromatic nitrogens is 2. The standard InChI is InChI=1S/C15H29N3O2/c1-7-10-16-12(5)11(4)13-17-14(18-20-13)15(8-2,9-3)19-6/h11-12,16H,7-10H2,1-6H3. The van der Waals surface area contributed by atoms with Crippen molar-refractivity contribution in [2.45, 2.75) is 71.4 Å². The van der Waals surface area contributed by atoms with Crippen LogP contribution in [0.4, 0.5) is 0 Å². The van der Waals surface area contributed by atoms with Gasteiger partial charge in [-0.05, 0) is 32.7 Å². The number of hydrogen-bond acceptors (Lipinski definition) is 5. The Labute approximate surface area is 122 Å². The summed E-state index contributed by atoms with van der Waals surface area (Å²) in [6.45, 7) is 11.6. The molecule has 0 aliphatic heterocycles. The van der Waals surface area contributed by atoms with Gasteiger partial charge >= 0.3 is 0 Å². The molecule has 0 fully saturated rings. The van der Waals surface area contributed by atoms with E-state index in [2.05, 4.69) is 50.1 Å². The fourth-order valence-electron chi connectivity index (χ4n) is 2.31. The van der Waals surface area contributed by atoms with Crippen molar-refractivity contribution < 1.29 is 9.26 Å². The maximum absolute atomic E-state index is 5.64. The lowest BCUT2D eigenvalue weighted by Gasteiger charge is -2.26. The molecule has 0 radical (unpaired) electrons. The van der Waals surface area contributed by atoms with Gasteiger partial charge in [0.15, 0.2) is 0 Å². The monoisotopic (exact) mass is 283 g/mol. The van der Waals surface area contributed by atoms with Gasteiger partial charge in [-0.3, -0.25) is 0 Å². The first-order valence-electron chi connectivity index (χ1n) is 7.67. The van der Waals surface area contributed by atoms with E-state index in [4.69, 9.17) is 9.26 Å². The molecule has 1 rings (SSSR count). The summed E-state index contributed by atoms with van der Waals surface area (Å²) in [4.78, 5) is 4.58. The third-order valence-corrected chi connectivity index (χ3v) is 4.24. The zero-order valence-corrected chi connectivity index (χ0v) is 13.7. The molecule has 0 aliphatic rings. The summed E-state index contributed by atoms with van der Waals surface area (Å²) in [5.41, 5.74) is -0.429. The van der Waals surface area contributed by atoms with E-state index in [-0.39, 0.29) is 5.92 Å². The van der Waals surface area contributed by atoms with Crippen LogP contribution in [0.3, 0.4) is 0 Å². The molecule has 0 saturated heterocycles. The number of nitrogens with zero attached hydrogens (tertiary/aromatic N) is 2. The summed E-state index contributed by atoms with van der Waals surface area (Å²) in [7, 11) is 1.71. The Hall–Kier alpha value is -0.940. The second kappa shape index (κ2) is 7.74. The van der Waals surface area contributed by atoms with E-state index in [0.29, 0.717) is 17.8 Å². The lowest BCUT2D eigenvalue weighted by molar-refractivity contribution is -0.0306. The molecule has 116 valence electrons. The number of methoxy groups -OCH3 is 1. The van der Waals surface area contributed by atoms with Gasteiger partial charge in [0.05, 0.1) is 5.92 Å². The van der Waals surface area contributed by atoms with E-state index in [1.54, 1.807) is 7.11 Å². The smallest absolute Gasteiger partial charge is 0.231 e. The average Bonchev–Trinajstić information content (AvgIpc) is 2.96. The van der Waals surface area contributed by atoms with Crippen molar-refractivity contribution in [3.63, 3.8) is 0 Å². The third-order valence-electron chi connectivity index (χ3n) is 4.24. The van der Waals surface area contributed by atoms with Gasteiger partial charge in [-0.1, -0.05) is 32.9 Å². The molecule has 2 unspecified atom stereocenters. The number of hydrogen-bond donors (Lipinski definition) is 1. The summed E-state index contributed by atoms with van der Waals surface area (Å²) in [6.07, 6.45) is 2.78. The zero-order chi connectivity index (χ0) is 15.2. The van der Waals surface area contributed by atoms with E-state index in [1.807, 2.05) is 0 Å². The Balaban J connectivity index is 2.85. The van der Waals surface area contributed by atoms with Gasteiger partial charge in [-0.2, -0.15) is 4.98 Å².